The molecule has 0 unspecified atom stereocenters. The second kappa shape index (κ2) is 97.5. The largest absolute Gasteiger partial charge is 3.00 e. The number of rotatable bonds is 0. The zero-order valence-electron chi connectivity index (χ0n) is 3.49. The minimum absolute atomic E-state index is 0. The maximum Gasteiger partial charge on any atom is 3.00 e. The van der Waals surface area contributed by atoms with Crippen LogP contribution in [0.4, 0.5) is 0 Å². The average Bonchev–Trinajstić information content (AvgIpc) is 0. The summed E-state index contributed by atoms with van der Waals surface area (Å²) in [6, 6.07) is 0. The van der Waals surface area contributed by atoms with Gasteiger partial charge < -0.3 is 21.9 Å². The normalized spacial score (nSPS) is 0. The topological polar surface area (TPSA) is 114 Å². The first-order valence-electron chi connectivity index (χ1n) is 0. The molecule has 0 saturated carbocycles. The summed E-state index contributed by atoms with van der Waals surface area (Å²) in [5.74, 6) is 0. The van der Waals surface area contributed by atoms with E-state index in [0.717, 1.165) is 0 Å². The maximum absolute atomic E-state index is 0. The standard InChI is InChI=1S/Al.Mg.4O.Sc/q+3;+2;4*-2;+3. The van der Waals surface area contributed by atoms with E-state index >= 15 is 0 Å². The van der Waals surface area contributed by atoms with Gasteiger partial charge in [0.1, 0.15) is 0 Å². The van der Waals surface area contributed by atoms with Gasteiger partial charge in [0.15, 0.2) is 0 Å². The van der Waals surface area contributed by atoms with E-state index in [4.69, 9.17) is 0 Å². The van der Waals surface area contributed by atoms with Crippen molar-refractivity contribution in [1.82, 2.24) is 0 Å². The third-order valence-electron chi connectivity index (χ3n) is 0. The van der Waals surface area contributed by atoms with Crippen molar-refractivity contribution < 1.29 is 47.7 Å². The van der Waals surface area contributed by atoms with Crippen LogP contribution in [0.15, 0.2) is 0 Å². The van der Waals surface area contributed by atoms with Crippen LogP contribution in [0.1, 0.15) is 0 Å². The minimum Gasteiger partial charge on any atom is -2.00 e. The Bertz CT molecular complexity index is 11.7. The maximum atomic E-state index is 0. The zero-order valence-corrected chi connectivity index (χ0v) is 7.87. The summed E-state index contributed by atoms with van der Waals surface area (Å²) in [6.07, 6.45) is 0. The molecule has 7 heteroatoms. The Hall–Kier alpha value is 2.01. The van der Waals surface area contributed by atoms with Crippen LogP contribution in [0.2, 0.25) is 0 Å². The van der Waals surface area contributed by atoms with Crippen LogP contribution in [-0.2, 0) is 47.7 Å². The Morgan fingerprint density at radius 2 is 0.571 bits per heavy atom. The molecule has 4 nitrogen and oxygen atoms in total. The Kier molecular flexibility index (Phi) is 1990. The van der Waals surface area contributed by atoms with Crippen molar-refractivity contribution in [3.05, 3.63) is 0 Å². The molecule has 0 N–H and O–H groups in total. The molecule has 0 atom stereocenters. The summed E-state index contributed by atoms with van der Waals surface area (Å²) in [7, 11) is 0. The van der Waals surface area contributed by atoms with Crippen molar-refractivity contribution in [2.24, 2.45) is 0 Å². The van der Waals surface area contributed by atoms with Crippen molar-refractivity contribution in [2.45, 2.75) is 0 Å². The molecule has 7 heavy (non-hydrogen) atoms. The van der Waals surface area contributed by atoms with E-state index < -0.39 is 0 Å². The molecule has 0 amide bonds. The molecule has 0 radical (unpaired) electrons. The monoisotopic (exact) mass is 160 g/mol. The first-order valence-corrected chi connectivity index (χ1v) is 0. The van der Waals surface area contributed by atoms with Crippen LogP contribution in [0.5, 0.6) is 0 Å². The van der Waals surface area contributed by atoms with Gasteiger partial charge in [-0.05, 0) is 0 Å². The Labute approximate surface area is 87.3 Å². The van der Waals surface area contributed by atoms with Gasteiger partial charge in [0.2, 0.25) is 0 Å². The predicted octanol–water partition coefficient (Wildman–Crippen LogP) is -1.24. The molecule has 0 aromatic carbocycles. The van der Waals surface area contributed by atoms with Crippen LogP contribution < -0.4 is 0 Å². The van der Waals surface area contributed by atoms with Crippen LogP contribution in [-0.4, -0.2) is 40.4 Å². The molecule has 0 heterocycles. The molecule has 0 fully saturated rings. The molecular weight excluding hydrogens is 160 g/mol. The van der Waals surface area contributed by atoms with Gasteiger partial charge >= 0.3 is 66.3 Å². The fraction of sp³-hybridized carbons (Fsp3) is 0. The van der Waals surface area contributed by atoms with Crippen molar-refractivity contribution in [3.63, 3.8) is 0 Å². The summed E-state index contributed by atoms with van der Waals surface area (Å²) in [5.41, 5.74) is 0. The van der Waals surface area contributed by atoms with Crippen LogP contribution >= 0.6 is 0 Å². The summed E-state index contributed by atoms with van der Waals surface area (Å²) >= 11 is 0. The van der Waals surface area contributed by atoms with E-state index in [2.05, 4.69) is 0 Å². The van der Waals surface area contributed by atoms with Crippen LogP contribution in [0.3, 0.4) is 0 Å². The van der Waals surface area contributed by atoms with Gasteiger partial charge in [-0.2, -0.15) is 0 Å². The molecule has 0 aromatic rings. The summed E-state index contributed by atoms with van der Waals surface area (Å²) in [5, 5.41) is 0. The summed E-state index contributed by atoms with van der Waals surface area (Å²) in [6.45, 7) is 0. The van der Waals surface area contributed by atoms with Gasteiger partial charge in [-0.15, -0.1) is 0 Å². The molecule has 0 bridgehead atoms. The molecule has 0 aromatic heterocycles. The molecule has 0 spiro atoms. The number of hydrogen-bond donors (Lipinski definition) is 0. The first-order chi connectivity index (χ1) is 0. The van der Waals surface area contributed by atoms with E-state index in [-0.39, 0.29) is 88.2 Å². The zero-order chi connectivity index (χ0) is 0. The second-order valence-electron chi connectivity index (χ2n) is 0. The van der Waals surface area contributed by atoms with Gasteiger partial charge in [0, 0.05) is 0 Å². The minimum atomic E-state index is 0. The van der Waals surface area contributed by atoms with Gasteiger partial charge in [-0.25, -0.2) is 0 Å². The predicted molar refractivity (Wildman–Crippen MR) is 14.3 cm³/mol. The molecule has 0 saturated heterocycles. The molecule has 32 valence electrons. The van der Waals surface area contributed by atoms with Crippen LogP contribution in [0, 0.1) is 0 Å². The van der Waals surface area contributed by atoms with Gasteiger partial charge in [-0.1, -0.05) is 0 Å². The second-order valence-corrected chi connectivity index (χ2v) is 0. The fourth-order valence-corrected chi connectivity index (χ4v) is 0. The van der Waals surface area contributed by atoms with Gasteiger partial charge in [-0.3, -0.25) is 0 Å². The molecule has 0 aliphatic carbocycles. The average molecular weight is 160 g/mol. The van der Waals surface area contributed by atoms with Gasteiger partial charge in [0.25, 0.3) is 0 Å². The van der Waals surface area contributed by atoms with Gasteiger partial charge in [0.05, 0.1) is 0 Å². The van der Waals surface area contributed by atoms with E-state index in [0.29, 0.717) is 0 Å². The SMILES string of the molecule is [Al+3].[Mg+2].[O-2].[O-2].[O-2].[O-2].[Sc+3]. The van der Waals surface area contributed by atoms with Crippen molar-refractivity contribution in [1.29, 1.82) is 0 Å². The summed E-state index contributed by atoms with van der Waals surface area (Å²) in [4.78, 5) is 0. The van der Waals surface area contributed by atoms with Crippen molar-refractivity contribution >= 4 is 40.4 Å². The van der Waals surface area contributed by atoms with Crippen molar-refractivity contribution in [2.75, 3.05) is 0 Å². The van der Waals surface area contributed by atoms with Crippen molar-refractivity contribution in [3.8, 4) is 0 Å². The number of hydrogen-bond acceptors (Lipinski definition) is 0. The summed E-state index contributed by atoms with van der Waals surface area (Å²) < 4.78 is 0. The Balaban J connectivity index is 0. The van der Waals surface area contributed by atoms with E-state index in [1.54, 1.807) is 0 Å². The van der Waals surface area contributed by atoms with E-state index in [1.807, 2.05) is 0 Å². The van der Waals surface area contributed by atoms with Crippen LogP contribution in [0.25, 0.3) is 0 Å². The van der Waals surface area contributed by atoms with E-state index in [1.165, 1.54) is 0 Å². The Morgan fingerprint density at radius 1 is 0.571 bits per heavy atom. The molecule has 0 aliphatic heterocycles. The molecule has 0 rings (SSSR count). The molecular formula is AlMgO4Sc. The molecule has 0 aliphatic rings. The quantitative estimate of drug-likeness (QED) is 0.394. The first kappa shape index (κ1) is 143. The smallest absolute Gasteiger partial charge is 2.00 e. The van der Waals surface area contributed by atoms with E-state index in [9.17, 15) is 0 Å². The Morgan fingerprint density at radius 3 is 0.571 bits per heavy atom. The third kappa shape index (κ3) is 71.7. The third-order valence-corrected chi connectivity index (χ3v) is 0. The fourth-order valence-electron chi connectivity index (χ4n) is 0.